The predicted molar refractivity (Wildman–Crippen MR) is 64.4 cm³/mol. The summed E-state index contributed by atoms with van der Waals surface area (Å²) in [6.07, 6.45) is 0. The molecular weight excluding hydrogens is 256 g/mol. The van der Waals surface area contributed by atoms with Gasteiger partial charge in [-0.05, 0) is 31.5 Å². The molecule has 0 heterocycles. The molecule has 0 fully saturated rings. The quantitative estimate of drug-likeness (QED) is 0.880. The van der Waals surface area contributed by atoms with Crippen molar-refractivity contribution in [2.45, 2.75) is 19.4 Å². The number of carbonyl (C=O) groups is 1. The second kappa shape index (κ2) is 4.77. The molecule has 0 radical (unpaired) electrons. The molecule has 0 unspecified atom stereocenters. The van der Waals surface area contributed by atoms with E-state index >= 15 is 0 Å². The van der Waals surface area contributed by atoms with Gasteiger partial charge in [-0.1, -0.05) is 28.1 Å². The summed E-state index contributed by atoms with van der Waals surface area (Å²) in [6.45, 7) is 3.91. The first-order valence-corrected chi connectivity index (χ1v) is 5.52. The lowest BCUT2D eigenvalue weighted by molar-refractivity contribution is -0.121. The summed E-state index contributed by atoms with van der Waals surface area (Å²) < 4.78 is 1.02. The fraction of sp³-hybridized carbons (Fsp3) is 0.364. The summed E-state index contributed by atoms with van der Waals surface area (Å²) >= 11 is 3.37. The molecule has 0 aliphatic rings. The standard InChI is InChI=1S/C11H15BrN2O/c1-11(2,14-10(15)7-13)8-3-5-9(12)6-4-8/h3-6H,7,13H2,1-2H3,(H,14,15). The Labute approximate surface area is 98.2 Å². The lowest BCUT2D eigenvalue weighted by Crippen LogP contribution is -2.43. The number of carbonyl (C=O) groups excluding carboxylic acids is 1. The van der Waals surface area contributed by atoms with E-state index in [2.05, 4.69) is 21.2 Å². The number of amides is 1. The van der Waals surface area contributed by atoms with Crippen LogP contribution in [0.4, 0.5) is 0 Å². The molecule has 1 aromatic rings. The number of hydrogen-bond donors (Lipinski definition) is 2. The maximum Gasteiger partial charge on any atom is 0.234 e. The van der Waals surface area contributed by atoms with Gasteiger partial charge in [-0.25, -0.2) is 0 Å². The zero-order valence-electron chi connectivity index (χ0n) is 8.88. The van der Waals surface area contributed by atoms with Gasteiger partial charge in [0.05, 0.1) is 12.1 Å². The zero-order valence-corrected chi connectivity index (χ0v) is 10.5. The van der Waals surface area contributed by atoms with Gasteiger partial charge in [-0.15, -0.1) is 0 Å². The van der Waals surface area contributed by atoms with Crippen LogP contribution < -0.4 is 11.1 Å². The Morgan fingerprint density at radius 3 is 2.40 bits per heavy atom. The Morgan fingerprint density at radius 1 is 1.40 bits per heavy atom. The zero-order chi connectivity index (χ0) is 11.5. The van der Waals surface area contributed by atoms with Crippen molar-refractivity contribution in [1.82, 2.24) is 5.32 Å². The van der Waals surface area contributed by atoms with E-state index in [9.17, 15) is 4.79 Å². The molecule has 0 bridgehead atoms. The van der Waals surface area contributed by atoms with Crippen LogP contribution in [0.1, 0.15) is 19.4 Å². The van der Waals surface area contributed by atoms with E-state index in [1.54, 1.807) is 0 Å². The highest BCUT2D eigenvalue weighted by Crippen LogP contribution is 2.21. The average Bonchev–Trinajstić information content (AvgIpc) is 2.17. The van der Waals surface area contributed by atoms with E-state index in [0.717, 1.165) is 10.0 Å². The van der Waals surface area contributed by atoms with Crippen LogP contribution in [0.5, 0.6) is 0 Å². The summed E-state index contributed by atoms with van der Waals surface area (Å²) in [6, 6.07) is 7.85. The molecule has 0 saturated heterocycles. The van der Waals surface area contributed by atoms with Crippen molar-refractivity contribution in [2.24, 2.45) is 5.73 Å². The van der Waals surface area contributed by atoms with Crippen molar-refractivity contribution in [1.29, 1.82) is 0 Å². The van der Waals surface area contributed by atoms with Crippen LogP contribution in [0.2, 0.25) is 0 Å². The number of nitrogens with one attached hydrogen (secondary N) is 1. The van der Waals surface area contributed by atoms with E-state index < -0.39 is 5.54 Å². The third-order valence-corrected chi connectivity index (χ3v) is 2.73. The smallest absolute Gasteiger partial charge is 0.234 e. The third-order valence-electron chi connectivity index (χ3n) is 2.20. The lowest BCUT2D eigenvalue weighted by Gasteiger charge is -2.26. The first kappa shape index (κ1) is 12.2. The summed E-state index contributed by atoms with van der Waals surface area (Å²) in [7, 11) is 0. The van der Waals surface area contributed by atoms with Crippen LogP contribution in [-0.4, -0.2) is 12.5 Å². The van der Waals surface area contributed by atoms with Gasteiger partial charge in [0.1, 0.15) is 0 Å². The highest BCUT2D eigenvalue weighted by atomic mass is 79.9. The van der Waals surface area contributed by atoms with Gasteiger partial charge < -0.3 is 11.1 Å². The minimum absolute atomic E-state index is 0.0138. The maximum absolute atomic E-state index is 11.2. The number of nitrogens with two attached hydrogens (primary N) is 1. The molecule has 4 heteroatoms. The molecule has 0 aromatic heterocycles. The van der Waals surface area contributed by atoms with Gasteiger partial charge >= 0.3 is 0 Å². The number of benzene rings is 1. The predicted octanol–water partition coefficient (Wildman–Crippen LogP) is 1.76. The van der Waals surface area contributed by atoms with Crippen molar-refractivity contribution >= 4 is 21.8 Å². The summed E-state index contributed by atoms with van der Waals surface area (Å²) in [4.78, 5) is 11.2. The van der Waals surface area contributed by atoms with Gasteiger partial charge in [-0.2, -0.15) is 0 Å². The summed E-state index contributed by atoms with van der Waals surface area (Å²) in [5.41, 5.74) is 5.92. The van der Waals surface area contributed by atoms with Gasteiger partial charge in [0.25, 0.3) is 0 Å². The highest BCUT2D eigenvalue weighted by molar-refractivity contribution is 9.10. The summed E-state index contributed by atoms with van der Waals surface area (Å²) in [5.74, 6) is -0.150. The second-order valence-corrected chi connectivity index (χ2v) is 4.80. The van der Waals surface area contributed by atoms with E-state index in [-0.39, 0.29) is 12.5 Å². The van der Waals surface area contributed by atoms with E-state index in [1.165, 1.54) is 0 Å². The SMILES string of the molecule is CC(C)(NC(=O)CN)c1ccc(Br)cc1. The van der Waals surface area contributed by atoms with Crippen LogP contribution in [-0.2, 0) is 10.3 Å². The van der Waals surface area contributed by atoms with Crippen molar-refractivity contribution < 1.29 is 4.79 Å². The normalized spacial score (nSPS) is 11.2. The van der Waals surface area contributed by atoms with Crippen molar-refractivity contribution in [3.8, 4) is 0 Å². The van der Waals surface area contributed by atoms with Crippen molar-refractivity contribution in [2.75, 3.05) is 6.54 Å². The highest BCUT2D eigenvalue weighted by Gasteiger charge is 2.21. The largest absolute Gasteiger partial charge is 0.346 e. The topological polar surface area (TPSA) is 55.1 Å². The number of rotatable bonds is 3. The van der Waals surface area contributed by atoms with Crippen LogP contribution >= 0.6 is 15.9 Å². The Morgan fingerprint density at radius 2 is 1.93 bits per heavy atom. The molecule has 82 valence electrons. The first-order valence-electron chi connectivity index (χ1n) is 4.73. The fourth-order valence-corrected chi connectivity index (χ4v) is 1.60. The number of hydrogen-bond acceptors (Lipinski definition) is 2. The minimum atomic E-state index is -0.392. The van der Waals surface area contributed by atoms with Crippen LogP contribution in [0, 0.1) is 0 Å². The van der Waals surface area contributed by atoms with E-state index in [4.69, 9.17) is 5.73 Å². The first-order chi connectivity index (χ1) is 6.95. The molecule has 1 rings (SSSR count). The minimum Gasteiger partial charge on any atom is -0.346 e. The molecule has 0 aliphatic carbocycles. The molecule has 15 heavy (non-hydrogen) atoms. The molecule has 0 spiro atoms. The molecule has 3 nitrogen and oxygen atoms in total. The second-order valence-electron chi connectivity index (χ2n) is 3.88. The summed E-state index contributed by atoms with van der Waals surface area (Å²) in [5, 5.41) is 2.86. The van der Waals surface area contributed by atoms with Crippen molar-refractivity contribution in [3.63, 3.8) is 0 Å². The van der Waals surface area contributed by atoms with Gasteiger partial charge in [0.2, 0.25) is 5.91 Å². The fourth-order valence-electron chi connectivity index (χ4n) is 1.34. The molecule has 3 N–H and O–H groups in total. The van der Waals surface area contributed by atoms with Crippen LogP contribution in [0.25, 0.3) is 0 Å². The third kappa shape index (κ3) is 3.32. The molecular formula is C11H15BrN2O. The molecule has 1 aromatic carbocycles. The Kier molecular flexibility index (Phi) is 3.88. The Bertz CT molecular complexity index is 346. The Hall–Kier alpha value is -0.870. The Balaban J connectivity index is 2.85. The number of halogens is 1. The van der Waals surface area contributed by atoms with Crippen LogP contribution in [0.3, 0.4) is 0 Å². The molecule has 0 atom stereocenters. The van der Waals surface area contributed by atoms with Crippen molar-refractivity contribution in [3.05, 3.63) is 34.3 Å². The van der Waals surface area contributed by atoms with Gasteiger partial charge in [-0.3, -0.25) is 4.79 Å². The van der Waals surface area contributed by atoms with E-state index in [1.807, 2.05) is 38.1 Å². The van der Waals surface area contributed by atoms with Gasteiger partial charge in [0, 0.05) is 4.47 Å². The molecule has 1 amide bonds. The van der Waals surface area contributed by atoms with Crippen LogP contribution in [0.15, 0.2) is 28.7 Å². The average molecular weight is 271 g/mol. The lowest BCUT2D eigenvalue weighted by atomic mass is 9.94. The molecule has 0 saturated carbocycles. The van der Waals surface area contributed by atoms with E-state index in [0.29, 0.717) is 0 Å². The molecule has 0 aliphatic heterocycles. The monoisotopic (exact) mass is 270 g/mol. The van der Waals surface area contributed by atoms with Gasteiger partial charge in [0.15, 0.2) is 0 Å². The maximum atomic E-state index is 11.2.